The van der Waals surface area contributed by atoms with E-state index in [1.165, 1.54) is 6.08 Å². The minimum Gasteiger partial charge on any atom is -0.463 e. The van der Waals surface area contributed by atoms with Crippen LogP contribution >= 0.6 is 0 Å². The van der Waals surface area contributed by atoms with Gasteiger partial charge in [-0.1, -0.05) is 33.8 Å². The van der Waals surface area contributed by atoms with Crippen molar-refractivity contribution in [3.05, 3.63) is 24.8 Å². The monoisotopic (exact) mass is 298 g/mol. The van der Waals surface area contributed by atoms with Crippen molar-refractivity contribution >= 4 is 14.3 Å². The normalized spacial score (nSPS) is 15.9. The van der Waals surface area contributed by atoms with Gasteiger partial charge in [0.15, 0.2) is 8.32 Å². The SMILES string of the molecule is C=C[C@H](C)[C@@H](/C=C/C(=O)OCC)O[Si](C)(C)C(C)(C)C. The first-order chi connectivity index (χ1) is 9.05. The van der Waals surface area contributed by atoms with Crippen LogP contribution in [0.5, 0.6) is 0 Å². The van der Waals surface area contributed by atoms with Gasteiger partial charge in [0.25, 0.3) is 0 Å². The average Bonchev–Trinajstić information content (AvgIpc) is 2.32. The minimum atomic E-state index is -1.89. The van der Waals surface area contributed by atoms with E-state index in [4.69, 9.17) is 9.16 Å². The van der Waals surface area contributed by atoms with Gasteiger partial charge < -0.3 is 9.16 Å². The molecule has 2 atom stereocenters. The highest BCUT2D eigenvalue weighted by atomic mass is 28.4. The Balaban J connectivity index is 5.01. The van der Waals surface area contributed by atoms with Gasteiger partial charge in [-0.25, -0.2) is 4.79 Å². The summed E-state index contributed by atoms with van der Waals surface area (Å²) in [6.07, 6.45) is 4.97. The molecule has 0 radical (unpaired) electrons. The Labute approximate surface area is 125 Å². The molecule has 0 N–H and O–H groups in total. The fraction of sp³-hybridized carbons (Fsp3) is 0.688. The van der Waals surface area contributed by atoms with Crippen molar-refractivity contribution < 1.29 is 14.0 Å². The molecule has 0 aliphatic carbocycles. The van der Waals surface area contributed by atoms with E-state index in [-0.39, 0.29) is 23.0 Å². The maximum absolute atomic E-state index is 11.4. The van der Waals surface area contributed by atoms with Crippen molar-refractivity contribution in [2.45, 2.75) is 58.9 Å². The lowest BCUT2D eigenvalue weighted by atomic mass is 10.1. The van der Waals surface area contributed by atoms with Crippen LogP contribution in [0.25, 0.3) is 0 Å². The van der Waals surface area contributed by atoms with Gasteiger partial charge in [0.1, 0.15) is 0 Å². The molecule has 0 aliphatic heterocycles. The maximum atomic E-state index is 11.4. The molecule has 4 heteroatoms. The number of ether oxygens (including phenoxy) is 1. The van der Waals surface area contributed by atoms with E-state index in [0.29, 0.717) is 6.61 Å². The van der Waals surface area contributed by atoms with Crippen LogP contribution < -0.4 is 0 Å². The Morgan fingerprint density at radius 1 is 1.35 bits per heavy atom. The van der Waals surface area contributed by atoms with Crippen LogP contribution in [0, 0.1) is 5.92 Å². The molecule has 0 saturated heterocycles. The summed E-state index contributed by atoms with van der Waals surface area (Å²) in [4.78, 5) is 11.4. The Morgan fingerprint density at radius 3 is 2.30 bits per heavy atom. The van der Waals surface area contributed by atoms with Gasteiger partial charge >= 0.3 is 5.97 Å². The third-order valence-corrected chi connectivity index (χ3v) is 8.31. The Bertz CT molecular complexity index is 353. The van der Waals surface area contributed by atoms with Crippen molar-refractivity contribution in [2.24, 2.45) is 5.92 Å². The summed E-state index contributed by atoms with van der Waals surface area (Å²) in [7, 11) is -1.89. The highest BCUT2D eigenvalue weighted by molar-refractivity contribution is 6.74. The van der Waals surface area contributed by atoms with Crippen LogP contribution in [0.2, 0.25) is 18.1 Å². The molecule has 0 aliphatic rings. The van der Waals surface area contributed by atoms with Gasteiger partial charge in [0, 0.05) is 12.0 Å². The van der Waals surface area contributed by atoms with E-state index in [1.54, 1.807) is 13.0 Å². The Morgan fingerprint density at radius 2 is 1.90 bits per heavy atom. The summed E-state index contributed by atoms with van der Waals surface area (Å²) in [5.41, 5.74) is 0. The molecule has 3 nitrogen and oxygen atoms in total. The highest BCUT2D eigenvalue weighted by Crippen LogP contribution is 2.38. The summed E-state index contributed by atoms with van der Waals surface area (Å²) in [5.74, 6) is -0.178. The van der Waals surface area contributed by atoms with E-state index in [2.05, 4.69) is 40.4 Å². The summed E-state index contributed by atoms with van der Waals surface area (Å²) < 4.78 is 11.3. The van der Waals surface area contributed by atoms with Gasteiger partial charge in [-0.2, -0.15) is 0 Å². The zero-order valence-electron chi connectivity index (χ0n) is 14.0. The number of rotatable bonds is 7. The topological polar surface area (TPSA) is 35.5 Å². The van der Waals surface area contributed by atoms with Crippen molar-refractivity contribution in [3.63, 3.8) is 0 Å². The molecule has 0 spiro atoms. The van der Waals surface area contributed by atoms with E-state index in [9.17, 15) is 4.79 Å². The zero-order chi connectivity index (χ0) is 16.0. The first kappa shape index (κ1) is 19.1. The predicted molar refractivity (Wildman–Crippen MR) is 87.2 cm³/mol. The molecular weight excluding hydrogens is 268 g/mol. The van der Waals surface area contributed by atoms with Gasteiger partial charge in [0.2, 0.25) is 0 Å². The van der Waals surface area contributed by atoms with Crippen LogP contribution in [-0.2, 0) is 14.0 Å². The Hall–Kier alpha value is -0.873. The van der Waals surface area contributed by atoms with Crippen molar-refractivity contribution in [3.8, 4) is 0 Å². The molecule has 0 heterocycles. The molecule has 0 aromatic rings. The molecule has 20 heavy (non-hydrogen) atoms. The van der Waals surface area contributed by atoms with Crippen LogP contribution in [0.4, 0.5) is 0 Å². The number of hydrogen-bond donors (Lipinski definition) is 0. The maximum Gasteiger partial charge on any atom is 0.330 e. The largest absolute Gasteiger partial charge is 0.463 e. The fourth-order valence-corrected chi connectivity index (χ4v) is 2.66. The van der Waals surface area contributed by atoms with E-state index in [1.807, 2.05) is 13.0 Å². The van der Waals surface area contributed by atoms with Crippen LogP contribution in [0.3, 0.4) is 0 Å². The van der Waals surface area contributed by atoms with Gasteiger partial charge in [-0.05, 0) is 31.1 Å². The summed E-state index contributed by atoms with van der Waals surface area (Å²) in [6, 6.07) is 0. The summed E-state index contributed by atoms with van der Waals surface area (Å²) >= 11 is 0. The Kier molecular flexibility index (Phi) is 7.45. The van der Waals surface area contributed by atoms with Gasteiger partial charge in [-0.3, -0.25) is 0 Å². The van der Waals surface area contributed by atoms with Crippen LogP contribution in [-0.4, -0.2) is 27.0 Å². The predicted octanol–water partition coefficient (Wildman–Crippen LogP) is 4.32. The van der Waals surface area contributed by atoms with Crippen LogP contribution in [0.1, 0.15) is 34.6 Å². The van der Waals surface area contributed by atoms with Crippen LogP contribution in [0.15, 0.2) is 24.8 Å². The molecular formula is C16H30O3Si. The summed E-state index contributed by atoms with van der Waals surface area (Å²) in [6.45, 7) is 19.0. The second-order valence-electron chi connectivity index (χ2n) is 6.55. The smallest absolute Gasteiger partial charge is 0.330 e. The third kappa shape index (κ3) is 6.05. The molecule has 0 fully saturated rings. The van der Waals surface area contributed by atoms with E-state index >= 15 is 0 Å². The van der Waals surface area contributed by atoms with Crippen molar-refractivity contribution in [1.29, 1.82) is 0 Å². The van der Waals surface area contributed by atoms with Crippen molar-refractivity contribution in [2.75, 3.05) is 6.61 Å². The molecule has 0 aromatic heterocycles. The average molecular weight is 298 g/mol. The lowest BCUT2D eigenvalue weighted by Gasteiger charge is -2.39. The molecule has 0 bridgehead atoms. The molecule has 0 aromatic carbocycles. The third-order valence-electron chi connectivity index (χ3n) is 3.84. The summed E-state index contributed by atoms with van der Waals surface area (Å²) in [5, 5.41) is 0.129. The van der Waals surface area contributed by atoms with Gasteiger partial charge in [0.05, 0.1) is 12.7 Å². The first-order valence-corrected chi connectivity index (χ1v) is 10.1. The molecule has 0 amide bonds. The quantitative estimate of drug-likeness (QED) is 0.304. The number of carbonyl (C=O) groups excluding carboxylic acids is 1. The molecule has 0 unspecified atom stereocenters. The second kappa shape index (κ2) is 7.79. The number of carbonyl (C=O) groups is 1. The van der Waals surface area contributed by atoms with E-state index < -0.39 is 8.32 Å². The molecule has 116 valence electrons. The van der Waals surface area contributed by atoms with E-state index in [0.717, 1.165) is 0 Å². The second-order valence-corrected chi connectivity index (χ2v) is 11.3. The van der Waals surface area contributed by atoms with Gasteiger partial charge in [-0.15, -0.1) is 6.58 Å². The van der Waals surface area contributed by atoms with Crippen molar-refractivity contribution in [1.82, 2.24) is 0 Å². The minimum absolute atomic E-state index is 0.129. The fourth-order valence-electron chi connectivity index (χ4n) is 1.34. The lowest BCUT2D eigenvalue weighted by Crippen LogP contribution is -2.44. The lowest BCUT2D eigenvalue weighted by molar-refractivity contribution is -0.137. The molecule has 0 saturated carbocycles. The zero-order valence-corrected chi connectivity index (χ0v) is 15.0. The first-order valence-electron chi connectivity index (χ1n) is 7.20. The number of esters is 1. The number of hydrogen-bond acceptors (Lipinski definition) is 3. The molecule has 0 rings (SSSR count). The highest BCUT2D eigenvalue weighted by Gasteiger charge is 2.39. The standard InChI is InChI=1S/C16H30O3Si/c1-9-13(3)14(11-12-15(17)18-10-2)19-20(7,8)16(4,5)6/h9,11-14H,1,10H2,2-8H3/b12-11+/t13-,14+/m0/s1.